The van der Waals surface area contributed by atoms with E-state index in [0.29, 0.717) is 14.7 Å². The van der Waals surface area contributed by atoms with E-state index >= 15 is 0 Å². The normalized spacial score (nSPS) is 11.4. The molecular weight excluding hydrogens is 613 g/mol. The van der Waals surface area contributed by atoms with Gasteiger partial charge in [0, 0.05) is 12.1 Å². The summed E-state index contributed by atoms with van der Waals surface area (Å²) in [5, 5.41) is 23.1. The molecule has 12 heteroatoms. The van der Waals surface area contributed by atoms with Crippen LogP contribution in [0.5, 0.6) is 11.5 Å². The summed E-state index contributed by atoms with van der Waals surface area (Å²) >= 11 is 1.86. The molecule has 0 aliphatic carbocycles. The Morgan fingerprint density at radius 2 is 1.81 bits per heavy atom. The fourth-order valence-corrected chi connectivity index (χ4v) is 4.97. The predicted octanol–water partition coefficient (Wildman–Crippen LogP) is 5.14. The summed E-state index contributed by atoms with van der Waals surface area (Å²) in [6.45, 7) is 3.49. The quantitative estimate of drug-likeness (QED) is 0.0896. The highest BCUT2D eigenvalue weighted by atomic mass is 127. The number of nitriles is 1. The topological polar surface area (TPSA) is 149 Å². The number of nitro groups is 1. The van der Waals surface area contributed by atoms with Gasteiger partial charge in [0.1, 0.15) is 16.5 Å². The van der Waals surface area contributed by atoms with Gasteiger partial charge in [-0.05, 0) is 77.9 Å². The Hall–Kier alpha value is -3.96. The van der Waals surface area contributed by atoms with E-state index in [2.05, 4.69) is 5.32 Å². The number of non-ortho nitro benzene ring substituents is 1. The number of carbonyl (C=O) groups is 1. The molecule has 3 rings (SSSR count). The van der Waals surface area contributed by atoms with Crippen LogP contribution in [-0.4, -0.2) is 26.4 Å². The van der Waals surface area contributed by atoms with Crippen molar-refractivity contribution in [2.24, 2.45) is 0 Å². The minimum Gasteiger partial charge on any atom is -0.493 e. The fraction of sp³-hybridized carbons (Fsp3) is 0.120. The molecule has 0 aliphatic heterocycles. The summed E-state index contributed by atoms with van der Waals surface area (Å²) in [7, 11) is -2.83. The van der Waals surface area contributed by atoms with E-state index in [1.54, 1.807) is 19.1 Å². The lowest BCUT2D eigenvalue weighted by molar-refractivity contribution is -0.384. The zero-order valence-electron chi connectivity index (χ0n) is 19.8. The van der Waals surface area contributed by atoms with E-state index in [1.807, 2.05) is 35.6 Å². The van der Waals surface area contributed by atoms with Gasteiger partial charge in [-0.15, -0.1) is 0 Å². The molecule has 0 fully saturated rings. The third kappa shape index (κ3) is 6.63. The lowest BCUT2D eigenvalue weighted by Crippen LogP contribution is -2.14. The van der Waals surface area contributed by atoms with Crippen LogP contribution >= 0.6 is 22.6 Å². The molecule has 0 aliphatic rings. The van der Waals surface area contributed by atoms with Crippen LogP contribution in [0.15, 0.2) is 65.1 Å². The average Bonchev–Trinajstić information content (AvgIpc) is 2.85. The number of carbonyl (C=O) groups excluding carboxylic acids is 1. The number of hydrogen-bond donors (Lipinski definition) is 1. The second-order valence-electron chi connectivity index (χ2n) is 7.76. The van der Waals surface area contributed by atoms with Crippen LogP contribution in [0.4, 0.5) is 11.4 Å². The van der Waals surface area contributed by atoms with Gasteiger partial charge in [0.25, 0.3) is 11.6 Å². The van der Waals surface area contributed by atoms with Crippen molar-refractivity contribution in [3.8, 4) is 17.6 Å². The fourth-order valence-electron chi connectivity index (χ4n) is 3.13. The number of halogens is 1. The molecular formula is C25H20IN3O7S. The summed E-state index contributed by atoms with van der Waals surface area (Å²) in [5.74, 6) is -0.751. The second-order valence-corrected chi connectivity index (χ2v) is 10.5. The molecule has 1 N–H and O–H groups in total. The van der Waals surface area contributed by atoms with Gasteiger partial charge in [0.15, 0.2) is 11.5 Å². The van der Waals surface area contributed by atoms with Gasteiger partial charge in [-0.1, -0.05) is 23.8 Å². The van der Waals surface area contributed by atoms with E-state index in [4.69, 9.17) is 8.92 Å². The van der Waals surface area contributed by atoms with E-state index < -0.39 is 20.9 Å². The minimum atomic E-state index is -4.15. The minimum absolute atomic E-state index is 0.0280. The smallest absolute Gasteiger partial charge is 0.339 e. The van der Waals surface area contributed by atoms with Crippen LogP contribution in [0.25, 0.3) is 6.08 Å². The Morgan fingerprint density at radius 1 is 1.14 bits per heavy atom. The van der Waals surface area contributed by atoms with Crippen molar-refractivity contribution in [1.82, 2.24) is 0 Å². The van der Waals surface area contributed by atoms with Gasteiger partial charge in [-0.2, -0.15) is 13.7 Å². The molecule has 0 heterocycles. The Labute approximate surface area is 226 Å². The molecule has 10 nitrogen and oxygen atoms in total. The summed E-state index contributed by atoms with van der Waals surface area (Å²) in [6, 6.07) is 14.9. The molecule has 0 radical (unpaired) electrons. The first kappa shape index (κ1) is 27.6. The van der Waals surface area contributed by atoms with Crippen molar-refractivity contribution < 1.29 is 27.1 Å². The van der Waals surface area contributed by atoms with E-state index in [1.165, 1.54) is 55.7 Å². The summed E-state index contributed by atoms with van der Waals surface area (Å²) < 4.78 is 36.6. The van der Waals surface area contributed by atoms with Gasteiger partial charge in [-0.3, -0.25) is 14.9 Å². The molecule has 0 saturated heterocycles. The van der Waals surface area contributed by atoms with Crippen LogP contribution in [0.3, 0.4) is 0 Å². The second kappa shape index (κ2) is 11.4. The van der Waals surface area contributed by atoms with Crippen molar-refractivity contribution in [1.29, 1.82) is 5.26 Å². The number of benzene rings is 3. The highest BCUT2D eigenvalue weighted by molar-refractivity contribution is 14.1. The van der Waals surface area contributed by atoms with Gasteiger partial charge in [0.2, 0.25) is 0 Å². The number of aryl methyl sites for hydroxylation is 2. The number of anilines is 1. The number of ether oxygens (including phenoxy) is 1. The Balaban J connectivity index is 1.92. The maximum absolute atomic E-state index is 12.8. The molecule has 0 bridgehead atoms. The average molecular weight is 633 g/mol. The van der Waals surface area contributed by atoms with Crippen LogP contribution in [0.1, 0.15) is 16.7 Å². The van der Waals surface area contributed by atoms with Gasteiger partial charge in [-0.25, -0.2) is 0 Å². The number of methoxy groups -OCH3 is 1. The van der Waals surface area contributed by atoms with Crippen molar-refractivity contribution in [3.05, 3.63) is 90.5 Å². The SMILES string of the molecule is COc1cc(/C=C(\C#N)C(=O)Nc2cc([N+](=O)[O-])ccc2C)cc(I)c1OS(=O)(=O)c1ccc(C)cc1. The lowest BCUT2D eigenvalue weighted by atomic mass is 10.1. The molecule has 0 unspecified atom stereocenters. The molecule has 0 atom stereocenters. The Kier molecular flexibility index (Phi) is 8.51. The number of nitrogens with one attached hydrogen (secondary N) is 1. The van der Waals surface area contributed by atoms with Crippen LogP contribution in [-0.2, 0) is 14.9 Å². The summed E-state index contributed by atoms with van der Waals surface area (Å²) in [6.07, 6.45) is 1.28. The first-order valence-corrected chi connectivity index (χ1v) is 13.0. The van der Waals surface area contributed by atoms with E-state index in [0.717, 1.165) is 5.56 Å². The van der Waals surface area contributed by atoms with Crippen LogP contribution < -0.4 is 14.2 Å². The first-order chi connectivity index (χ1) is 17.4. The highest BCUT2D eigenvalue weighted by Crippen LogP contribution is 2.36. The zero-order valence-corrected chi connectivity index (χ0v) is 22.8. The van der Waals surface area contributed by atoms with Crippen molar-refractivity contribution >= 4 is 56.1 Å². The molecule has 37 heavy (non-hydrogen) atoms. The number of rotatable bonds is 8. The molecule has 3 aromatic carbocycles. The monoisotopic (exact) mass is 633 g/mol. The maximum Gasteiger partial charge on any atom is 0.339 e. The summed E-state index contributed by atoms with van der Waals surface area (Å²) in [4.78, 5) is 23.2. The number of hydrogen-bond acceptors (Lipinski definition) is 8. The molecule has 3 aromatic rings. The molecule has 0 saturated carbocycles. The van der Waals surface area contributed by atoms with Crippen LogP contribution in [0, 0.1) is 38.9 Å². The number of nitrogens with zero attached hydrogens (tertiary/aromatic N) is 2. The Morgan fingerprint density at radius 3 is 2.41 bits per heavy atom. The molecule has 0 aromatic heterocycles. The third-order valence-corrected chi connectivity index (χ3v) is 7.15. The van der Waals surface area contributed by atoms with Gasteiger partial charge < -0.3 is 14.2 Å². The largest absolute Gasteiger partial charge is 0.493 e. The maximum atomic E-state index is 12.8. The third-order valence-electron chi connectivity index (χ3n) is 5.11. The van der Waals surface area contributed by atoms with E-state index in [9.17, 15) is 28.6 Å². The summed E-state index contributed by atoms with van der Waals surface area (Å²) in [5.41, 5.74) is 1.52. The standard InChI is InChI=1S/C25H20IN3O7S/c1-15-4-8-20(9-5-15)37(33,34)36-24-21(26)11-17(12-23(24)35-3)10-18(14-27)25(30)28-22-13-19(29(31)32)7-6-16(22)2/h4-13H,1-3H3,(H,28,30)/b18-10+. The van der Waals surface area contributed by atoms with Crippen molar-refractivity contribution in [3.63, 3.8) is 0 Å². The Bertz CT molecular complexity index is 1560. The number of nitro benzene ring substituents is 1. The van der Waals surface area contributed by atoms with Gasteiger partial charge >= 0.3 is 10.1 Å². The first-order valence-electron chi connectivity index (χ1n) is 10.5. The van der Waals surface area contributed by atoms with E-state index in [-0.39, 0.29) is 33.3 Å². The molecule has 190 valence electrons. The number of amides is 1. The van der Waals surface area contributed by atoms with Gasteiger partial charge in [0.05, 0.1) is 21.3 Å². The molecule has 1 amide bonds. The van der Waals surface area contributed by atoms with Crippen molar-refractivity contribution in [2.75, 3.05) is 12.4 Å². The van der Waals surface area contributed by atoms with Crippen LogP contribution in [0.2, 0.25) is 0 Å². The lowest BCUT2D eigenvalue weighted by Gasteiger charge is -2.14. The zero-order chi connectivity index (χ0) is 27.3. The van der Waals surface area contributed by atoms with Crippen molar-refractivity contribution in [2.45, 2.75) is 18.7 Å². The molecule has 0 spiro atoms. The predicted molar refractivity (Wildman–Crippen MR) is 145 cm³/mol. The highest BCUT2D eigenvalue weighted by Gasteiger charge is 2.22.